The highest BCUT2D eigenvalue weighted by Gasteiger charge is 2.03. The van der Waals surface area contributed by atoms with Gasteiger partial charge in [-0.15, -0.1) is 11.8 Å². The summed E-state index contributed by atoms with van der Waals surface area (Å²) < 4.78 is 1.18. The van der Waals surface area contributed by atoms with Gasteiger partial charge in [0.1, 0.15) is 0 Å². The van der Waals surface area contributed by atoms with Crippen LogP contribution in [0.2, 0.25) is 0 Å². The van der Waals surface area contributed by atoms with E-state index < -0.39 is 0 Å². The Bertz CT molecular complexity index is 513. The second kappa shape index (κ2) is 7.73. The fourth-order valence-electron chi connectivity index (χ4n) is 1.78. The van der Waals surface area contributed by atoms with E-state index in [1.807, 2.05) is 11.8 Å². The lowest BCUT2D eigenvalue weighted by Gasteiger charge is -2.08. The summed E-state index contributed by atoms with van der Waals surface area (Å²) in [6.07, 6.45) is 0. The van der Waals surface area contributed by atoms with E-state index in [0.717, 1.165) is 18.8 Å². The van der Waals surface area contributed by atoms with Crippen LogP contribution in [0.25, 0.3) is 0 Å². The van der Waals surface area contributed by atoms with Crippen molar-refractivity contribution in [3.63, 3.8) is 0 Å². The van der Waals surface area contributed by atoms with Crippen LogP contribution in [0.15, 0.2) is 57.9 Å². The molecule has 0 atom stereocenters. The Balaban J connectivity index is 1.97. The number of thioether (sulfide) groups is 1. The summed E-state index contributed by atoms with van der Waals surface area (Å²) in [5, 5.41) is 3.34. The lowest BCUT2D eigenvalue weighted by molar-refractivity contribution is 0.726. The molecule has 0 amide bonds. The summed E-state index contributed by atoms with van der Waals surface area (Å²) in [4.78, 5) is 1.30. The van der Waals surface area contributed by atoms with Crippen LogP contribution in [0, 0.1) is 0 Å². The number of hydrogen-bond acceptors (Lipinski definition) is 2. The van der Waals surface area contributed by atoms with Gasteiger partial charge in [0.15, 0.2) is 0 Å². The molecule has 0 unspecified atom stereocenters. The molecule has 1 N–H and O–H groups in total. The molecule has 1 nitrogen and oxygen atoms in total. The molecule has 0 aliphatic rings. The third-order valence-corrected chi connectivity index (χ3v) is 4.88. The average Bonchev–Trinajstić information content (AvgIpc) is 2.45. The first kappa shape index (κ1) is 14.6. The van der Waals surface area contributed by atoms with Crippen LogP contribution in [0.3, 0.4) is 0 Å². The maximum absolute atomic E-state index is 3.66. The maximum atomic E-state index is 3.66. The molecule has 0 aromatic heterocycles. The highest BCUT2D eigenvalue weighted by molar-refractivity contribution is 9.10. The van der Waals surface area contributed by atoms with E-state index in [1.54, 1.807) is 0 Å². The van der Waals surface area contributed by atoms with E-state index >= 15 is 0 Å². The van der Waals surface area contributed by atoms with Crippen LogP contribution in [0.1, 0.15) is 18.1 Å². The monoisotopic (exact) mass is 335 g/mol. The van der Waals surface area contributed by atoms with Crippen molar-refractivity contribution in [2.75, 3.05) is 6.54 Å². The summed E-state index contributed by atoms with van der Waals surface area (Å²) in [6.45, 7) is 4.06. The van der Waals surface area contributed by atoms with Gasteiger partial charge in [0.2, 0.25) is 0 Å². The summed E-state index contributed by atoms with van der Waals surface area (Å²) >= 11 is 5.53. The predicted molar refractivity (Wildman–Crippen MR) is 87.5 cm³/mol. The maximum Gasteiger partial charge on any atom is 0.0314 e. The minimum absolute atomic E-state index is 0.929. The third-order valence-electron chi connectivity index (χ3n) is 2.81. The second-order valence-corrected chi connectivity index (χ2v) is 6.19. The van der Waals surface area contributed by atoms with Crippen molar-refractivity contribution in [2.45, 2.75) is 24.1 Å². The first-order valence-corrected chi connectivity index (χ1v) is 8.23. The van der Waals surface area contributed by atoms with Gasteiger partial charge in [-0.1, -0.05) is 43.3 Å². The van der Waals surface area contributed by atoms with Crippen LogP contribution in [0.4, 0.5) is 0 Å². The van der Waals surface area contributed by atoms with Crippen LogP contribution in [-0.4, -0.2) is 6.54 Å². The minimum Gasteiger partial charge on any atom is -0.313 e. The molecule has 2 aromatic carbocycles. The molecule has 3 heteroatoms. The molecule has 0 heterocycles. The van der Waals surface area contributed by atoms with Gasteiger partial charge in [-0.05, 0) is 45.7 Å². The number of hydrogen-bond donors (Lipinski definition) is 1. The van der Waals surface area contributed by atoms with Crippen molar-refractivity contribution in [3.8, 4) is 0 Å². The van der Waals surface area contributed by atoms with Gasteiger partial charge in [-0.3, -0.25) is 0 Å². The molecule has 100 valence electrons. The average molecular weight is 336 g/mol. The Morgan fingerprint density at radius 1 is 1.05 bits per heavy atom. The Hall–Kier alpha value is -0.770. The van der Waals surface area contributed by atoms with E-state index in [4.69, 9.17) is 0 Å². The molecular weight excluding hydrogens is 318 g/mol. The number of nitrogens with one attached hydrogen (secondary N) is 1. The molecule has 0 fully saturated rings. The molecule has 0 aliphatic carbocycles. The molecule has 19 heavy (non-hydrogen) atoms. The molecule has 0 saturated heterocycles. The SMILES string of the molecule is CCNCc1ccc(SCc2ccccc2)c(Br)c1. The van der Waals surface area contributed by atoms with E-state index in [-0.39, 0.29) is 0 Å². The zero-order valence-electron chi connectivity index (χ0n) is 11.0. The van der Waals surface area contributed by atoms with Crippen molar-refractivity contribution >= 4 is 27.7 Å². The van der Waals surface area contributed by atoms with Gasteiger partial charge in [-0.25, -0.2) is 0 Å². The highest BCUT2D eigenvalue weighted by atomic mass is 79.9. The van der Waals surface area contributed by atoms with Crippen LogP contribution in [-0.2, 0) is 12.3 Å². The highest BCUT2D eigenvalue weighted by Crippen LogP contribution is 2.30. The predicted octanol–water partition coefficient (Wildman–Crippen LogP) is 4.85. The molecular formula is C16H18BrNS. The van der Waals surface area contributed by atoms with E-state index in [1.165, 1.54) is 20.5 Å². The first-order chi connectivity index (χ1) is 9.29. The molecule has 0 aliphatic heterocycles. The molecule has 0 saturated carbocycles. The Morgan fingerprint density at radius 3 is 2.53 bits per heavy atom. The van der Waals surface area contributed by atoms with E-state index in [9.17, 15) is 0 Å². The first-order valence-electron chi connectivity index (χ1n) is 6.45. The van der Waals surface area contributed by atoms with Crippen LogP contribution < -0.4 is 5.32 Å². The zero-order chi connectivity index (χ0) is 13.5. The molecule has 0 spiro atoms. The summed E-state index contributed by atoms with van der Waals surface area (Å²) in [7, 11) is 0. The van der Waals surface area contributed by atoms with Gasteiger partial charge < -0.3 is 5.32 Å². The fraction of sp³-hybridized carbons (Fsp3) is 0.250. The van der Waals surface area contributed by atoms with Crippen molar-refractivity contribution in [1.82, 2.24) is 5.32 Å². The third kappa shape index (κ3) is 4.68. The molecule has 0 bridgehead atoms. The topological polar surface area (TPSA) is 12.0 Å². The standard InChI is InChI=1S/C16H18BrNS/c1-2-18-11-14-8-9-16(15(17)10-14)19-12-13-6-4-3-5-7-13/h3-10,18H,2,11-12H2,1H3. The van der Waals surface area contributed by atoms with Crippen LogP contribution in [0.5, 0.6) is 0 Å². The molecule has 2 aromatic rings. The number of halogens is 1. The van der Waals surface area contributed by atoms with E-state index in [0.29, 0.717) is 0 Å². The van der Waals surface area contributed by atoms with Crippen molar-refractivity contribution in [1.29, 1.82) is 0 Å². The quantitative estimate of drug-likeness (QED) is 0.757. The Labute approximate surface area is 127 Å². The summed E-state index contributed by atoms with van der Waals surface area (Å²) in [5.74, 6) is 1.01. The van der Waals surface area contributed by atoms with Gasteiger partial charge in [0.05, 0.1) is 0 Å². The fourth-order valence-corrected chi connectivity index (χ4v) is 3.42. The molecule has 0 radical (unpaired) electrons. The normalized spacial score (nSPS) is 10.6. The van der Waals surface area contributed by atoms with Gasteiger partial charge in [0, 0.05) is 21.7 Å². The second-order valence-electron chi connectivity index (χ2n) is 4.32. The number of benzene rings is 2. The Kier molecular flexibility index (Phi) is 5.95. The lowest BCUT2D eigenvalue weighted by atomic mass is 10.2. The number of rotatable bonds is 6. The van der Waals surface area contributed by atoms with Crippen molar-refractivity contribution < 1.29 is 0 Å². The molecule has 2 rings (SSSR count). The minimum atomic E-state index is 0.929. The smallest absolute Gasteiger partial charge is 0.0314 e. The van der Waals surface area contributed by atoms with Gasteiger partial charge in [-0.2, -0.15) is 0 Å². The largest absolute Gasteiger partial charge is 0.313 e. The summed E-state index contributed by atoms with van der Waals surface area (Å²) in [5.41, 5.74) is 2.67. The van der Waals surface area contributed by atoms with Gasteiger partial charge >= 0.3 is 0 Å². The van der Waals surface area contributed by atoms with Crippen molar-refractivity contribution in [3.05, 3.63) is 64.1 Å². The van der Waals surface area contributed by atoms with Crippen LogP contribution >= 0.6 is 27.7 Å². The van der Waals surface area contributed by atoms with Crippen molar-refractivity contribution in [2.24, 2.45) is 0 Å². The van der Waals surface area contributed by atoms with E-state index in [2.05, 4.69) is 76.7 Å². The Morgan fingerprint density at radius 2 is 1.84 bits per heavy atom. The zero-order valence-corrected chi connectivity index (χ0v) is 13.4. The summed E-state index contributed by atoms with van der Waals surface area (Å²) in [6, 6.07) is 17.2. The lowest BCUT2D eigenvalue weighted by Crippen LogP contribution is -2.11. The van der Waals surface area contributed by atoms with Gasteiger partial charge in [0.25, 0.3) is 0 Å².